The number of fused-ring (bicyclic) bond motifs is 1. The van der Waals surface area contributed by atoms with Gasteiger partial charge < -0.3 is 0 Å². The molecular formula is C16H11N5O2. The van der Waals surface area contributed by atoms with Gasteiger partial charge in [0.1, 0.15) is 6.33 Å². The Kier molecular flexibility index (Phi) is 2.80. The van der Waals surface area contributed by atoms with Crippen LogP contribution in [0.15, 0.2) is 48.8 Å². The largest absolute Gasteiger partial charge is 0.268 e. The van der Waals surface area contributed by atoms with E-state index in [1.807, 2.05) is 13.0 Å². The molecule has 7 nitrogen and oxygen atoms in total. The summed E-state index contributed by atoms with van der Waals surface area (Å²) in [5.74, 6) is -0.684. The van der Waals surface area contributed by atoms with Crippen LogP contribution in [0.4, 0.5) is 5.69 Å². The van der Waals surface area contributed by atoms with E-state index in [1.54, 1.807) is 36.4 Å². The smallest absolute Gasteiger partial charge is 0.266 e. The van der Waals surface area contributed by atoms with E-state index in [1.165, 1.54) is 15.9 Å². The second-order valence-corrected chi connectivity index (χ2v) is 5.24. The average Bonchev–Trinajstić information content (AvgIpc) is 3.16. The van der Waals surface area contributed by atoms with E-state index in [4.69, 9.17) is 0 Å². The van der Waals surface area contributed by atoms with Gasteiger partial charge in [0.2, 0.25) is 0 Å². The van der Waals surface area contributed by atoms with E-state index in [0.29, 0.717) is 22.5 Å². The number of carbonyl (C=O) groups is 2. The number of carbonyl (C=O) groups excluding carboxylic acids is 2. The summed E-state index contributed by atoms with van der Waals surface area (Å²) in [6.45, 7) is 1.89. The third-order valence-corrected chi connectivity index (χ3v) is 3.76. The van der Waals surface area contributed by atoms with Crippen molar-refractivity contribution in [3.8, 4) is 5.69 Å². The maximum atomic E-state index is 12.7. The first kappa shape index (κ1) is 13.3. The van der Waals surface area contributed by atoms with Crippen LogP contribution in [-0.2, 0) is 0 Å². The molecule has 1 aliphatic heterocycles. The fourth-order valence-corrected chi connectivity index (χ4v) is 2.69. The van der Waals surface area contributed by atoms with Gasteiger partial charge in [-0.1, -0.05) is 18.2 Å². The summed E-state index contributed by atoms with van der Waals surface area (Å²) in [5.41, 5.74) is 2.76. The molecule has 2 aromatic carbocycles. The summed E-state index contributed by atoms with van der Waals surface area (Å²) in [6.07, 6.45) is 1.42. The van der Waals surface area contributed by atoms with Gasteiger partial charge in [0.25, 0.3) is 11.8 Å². The number of aromatic nitrogens is 4. The summed E-state index contributed by atoms with van der Waals surface area (Å²) in [6, 6.07) is 12.2. The number of hydrogen-bond acceptors (Lipinski definition) is 5. The van der Waals surface area contributed by atoms with Crippen LogP contribution in [0.2, 0.25) is 0 Å². The van der Waals surface area contributed by atoms with E-state index >= 15 is 0 Å². The lowest BCUT2D eigenvalue weighted by Gasteiger charge is -2.18. The number of rotatable bonds is 2. The molecule has 7 heteroatoms. The van der Waals surface area contributed by atoms with Crippen molar-refractivity contribution in [2.75, 3.05) is 4.90 Å². The predicted octanol–water partition coefficient (Wildman–Crippen LogP) is 1.77. The molecule has 1 aliphatic rings. The molecule has 1 aromatic heterocycles. The molecular weight excluding hydrogens is 294 g/mol. The second kappa shape index (κ2) is 4.84. The van der Waals surface area contributed by atoms with Crippen molar-refractivity contribution < 1.29 is 9.59 Å². The molecule has 2 amide bonds. The summed E-state index contributed by atoms with van der Waals surface area (Å²) in [4.78, 5) is 26.5. The Morgan fingerprint density at radius 3 is 2.22 bits per heavy atom. The first-order valence-electron chi connectivity index (χ1n) is 6.98. The van der Waals surface area contributed by atoms with Crippen LogP contribution < -0.4 is 4.90 Å². The lowest BCUT2D eigenvalue weighted by Crippen LogP contribution is -2.30. The van der Waals surface area contributed by atoms with Crippen molar-refractivity contribution in [3.05, 3.63) is 65.5 Å². The Morgan fingerprint density at radius 2 is 1.61 bits per heavy atom. The van der Waals surface area contributed by atoms with Gasteiger partial charge in [-0.3, -0.25) is 9.59 Å². The van der Waals surface area contributed by atoms with Crippen LogP contribution >= 0.6 is 0 Å². The highest BCUT2D eigenvalue weighted by molar-refractivity contribution is 6.35. The quantitative estimate of drug-likeness (QED) is 0.674. The fraction of sp³-hybridized carbons (Fsp3) is 0.0625. The van der Waals surface area contributed by atoms with Crippen LogP contribution in [0.1, 0.15) is 26.3 Å². The molecule has 0 saturated carbocycles. The van der Waals surface area contributed by atoms with Gasteiger partial charge >= 0.3 is 0 Å². The van der Waals surface area contributed by atoms with Gasteiger partial charge in [-0.15, -0.1) is 5.10 Å². The molecule has 0 spiro atoms. The minimum Gasteiger partial charge on any atom is -0.268 e. The molecule has 0 unspecified atom stereocenters. The monoisotopic (exact) mass is 305 g/mol. The first-order valence-corrected chi connectivity index (χ1v) is 6.98. The molecule has 0 fully saturated rings. The van der Waals surface area contributed by atoms with E-state index in [-0.39, 0.29) is 11.8 Å². The summed E-state index contributed by atoms with van der Waals surface area (Å²) in [5, 5.41) is 11.1. The molecule has 0 radical (unpaired) electrons. The molecule has 112 valence electrons. The maximum absolute atomic E-state index is 12.7. The molecule has 4 rings (SSSR count). The van der Waals surface area contributed by atoms with Gasteiger partial charge in [-0.05, 0) is 47.2 Å². The van der Waals surface area contributed by atoms with Crippen molar-refractivity contribution in [1.29, 1.82) is 0 Å². The Labute approximate surface area is 131 Å². The summed E-state index contributed by atoms with van der Waals surface area (Å²) < 4.78 is 1.43. The van der Waals surface area contributed by atoms with Crippen molar-refractivity contribution in [1.82, 2.24) is 20.2 Å². The molecule has 0 aliphatic carbocycles. The molecule has 0 saturated heterocycles. The number of amides is 2. The second-order valence-electron chi connectivity index (χ2n) is 5.24. The Hall–Kier alpha value is -3.35. The molecule has 23 heavy (non-hydrogen) atoms. The molecule has 2 heterocycles. The first-order chi connectivity index (χ1) is 11.2. The van der Waals surface area contributed by atoms with Gasteiger partial charge in [-0.25, -0.2) is 4.90 Å². The summed E-state index contributed by atoms with van der Waals surface area (Å²) in [7, 11) is 0. The lowest BCUT2D eigenvalue weighted by molar-refractivity contribution is 0.0926. The number of anilines is 1. The van der Waals surface area contributed by atoms with Crippen LogP contribution in [-0.4, -0.2) is 32.0 Å². The van der Waals surface area contributed by atoms with Crippen molar-refractivity contribution in [2.45, 2.75) is 6.92 Å². The van der Waals surface area contributed by atoms with Crippen LogP contribution in [0.5, 0.6) is 0 Å². The third-order valence-electron chi connectivity index (χ3n) is 3.76. The van der Waals surface area contributed by atoms with Crippen molar-refractivity contribution in [3.63, 3.8) is 0 Å². The van der Waals surface area contributed by atoms with Crippen molar-refractivity contribution in [2.24, 2.45) is 0 Å². The zero-order chi connectivity index (χ0) is 16.0. The number of nitrogens with zero attached hydrogens (tertiary/aromatic N) is 5. The maximum Gasteiger partial charge on any atom is 0.266 e. The van der Waals surface area contributed by atoms with E-state index in [0.717, 1.165) is 5.56 Å². The number of aryl methyl sites for hydroxylation is 1. The number of imide groups is 1. The zero-order valence-corrected chi connectivity index (χ0v) is 12.2. The van der Waals surface area contributed by atoms with Crippen LogP contribution in [0, 0.1) is 6.92 Å². The highest BCUT2D eigenvalue weighted by Crippen LogP contribution is 2.32. The number of tetrazole rings is 1. The van der Waals surface area contributed by atoms with E-state index in [9.17, 15) is 9.59 Å². The van der Waals surface area contributed by atoms with Gasteiger partial charge in [-0.2, -0.15) is 4.68 Å². The number of hydrogen-bond donors (Lipinski definition) is 0. The van der Waals surface area contributed by atoms with Gasteiger partial charge in [0, 0.05) is 0 Å². The molecule has 0 atom stereocenters. The lowest BCUT2D eigenvalue weighted by atomic mass is 10.1. The normalized spacial score (nSPS) is 13.5. The Morgan fingerprint density at radius 1 is 0.913 bits per heavy atom. The van der Waals surface area contributed by atoms with Gasteiger partial charge in [0.05, 0.1) is 22.5 Å². The highest BCUT2D eigenvalue weighted by atomic mass is 16.2. The highest BCUT2D eigenvalue weighted by Gasteiger charge is 2.37. The minimum atomic E-state index is -0.342. The zero-order valence-electron chi connectivity index (χ0n) is 12.2. The Bertz CT molecular complexity index is 898. The molecule has 0 N–H and O–H groups in total. The Balaban J connectivity index is 1.91. The van der Waals surface area contributed by atoms with E-state index < -0.39 is 0 Å². The third kappa shape index (κ3) is 1.94. The van der Waals surface area contributed by atoms with E-state index in [2.05, 4.69) is 15.5 Å². The minimum absolute atomic E-state index is 0.342. The van der Waals surface area contributed by atoms with Crippen LogP contribution in [0.25, 0.3) is 5.69 Å². The fourth-order valence-electron chi connectivity index (χ4n) is 2.69. The number of benzene rings is 2. The average molecular weight is 305 g/mol. The van der Waals surface area contributed by atoms with Gasteiger partial charge in [0.15, 0.2) is 0 Å². The van der Waals surface area contributed by atoms with Crippen molar-refractivity contribution >= 4 is 17.5 Å². The van der Waals surface area contributed by atoms with Crippen LogP contribution in [0.3, 0.4) is 0 Å². The topological polar surface area (TPSA) is 81.0 Å². The summed E-state index contributed by atoms with van der Waals surface area (Å²) >= 11 is 0. The molecule has 0 bridgehead atoms. The standard InChI is InChI=1S/C16H11N5O2/c1-10-6-7-13(20-9-17-18-19-20)14(8-10)21-15(22)11-4-2-3-5-12(11)16(21)23/h2-9H,1H3. The predicted molar refractivity (Wildman–Crippen MR) is 81.5 cm³/mol. The SMILES string of the molecule is Cc1ccc(-n2cnnn2)c(N2C(=O)c3ccccc3C2=O)c1. The molecule has 3 aromatic rings.